The van der Waals surface area contributed by atoms with Gasteiger partial charge in [-0.1, -0.05) is 0 Å². The molecule has 2 N–H and O–H groups in total. The molecule has 1 aliphatic rings. The number of amides is 1. The zero-order valence-electron chi connectivity index (χ0n) is 8.79. The first-order valence-electron chi connectivity index (χ1n) is 5.03. The number of hydrogen-bond donors (Lipinski definition) is 1. The van der Waals surface area contributed by atoms with Crippen molar-refractivity contribution < 1.29 is 4.79 Å². The van der Waals surface area contributed by atoms with E-state index in [9.17, 15) is 4.79 Å². The Hall–Kier alpha value is -0.570. The van der Waals surface area contributed by atoms with Crippen LogP contribution in [0.5, 0.6) is 0 Å². The van der Waals surface area contributed by atoms with Gasteiger partial charge in [0.05, 0.1) is 0 Å². The van der Waals surface area contributed by atoms with Crippen molar-refractivity contribution >= 4 is 5.91 Å². The molecule has 3 nitrogen and oxygen atoms in total. The lowest BCUT2D eigenvalue weighted by molar-refractivity contribution is -0.131. The lowest BCUT2D eigenvalue weighted by Gasteiger charge is -2.23. The van der Waals surface area contributed by atoms with Gasteiger partial charge < -0.3 is 10.6 Å². The van der Waals surface area contributed by atoms with Crippen LogP contribution >= 0.6 is 0 Å². The number of carbonyl (C=O) groups excluding carboxylic acids is 1. The molecular formula is C10H20N2O. The maximum Gasteiger partial charge on any atom is 0.224 e. The highest BCUT2D eigenvalue weighted by molar-refractivity contribution is 5.76. The van der Waals surface area contributed by atoms with Crippen LogP contribution in [0.25, 0.3) is 0 Å². The van der Waals surface area contributed by atoms with Crippen LogP contribution in [0, 0.1) is 5.92 Å². The maximum absolute atomic E-state index is 11.6. The highest BCUT2D eigenvalue weighted by Gasteiger charge is 2.30. The summed E-state index contributed by atoms with van der Waals surface area (Å²) in [6.07, 6.45) is 2.93. The molecule has 1 fully saturated rings. The van der Waals surface area contributed by atoms with Crippen LogP contribution in [0.15, 0.2) is 0 Å². The normalized spacial score (nSPS) is 18.8. The van der Waals surface area contributed by atoms with Crippen LogP contribution in [0.2, 0.25) is 0 Å². The van der Waals surface area contributed by atoms with Crippen molar-refractivity contribution in [2.75, 3.05) is 7.05 Å². The van der Waals surface area contributed by atoms with E-state index in [4.69, 9.17) is 5.73 Å². The minimum absolute atomic E-state index is 0.0914. The lowest BCUT2D eigenvalue weighted by atomic mass is 10.1. The average molecular weight is 184 g/mol. The van der Waals surface area contributed by atoms with Gasteiger partial charge in [-0.2, -0.15) is 0 Å². The van der Waals surface area contributed by atoms with Crippen molar-refractivity contribution in [1.82, 2.24) is 4.90 Å². The molecule has 1 atom stereocenters. The number of hydrogen-bond acceptors (Lipinski definition) is 2. The molecule has 0 radical (unpaired) electrons. The third kappa shape index (κ3) is 2.99. The van der Waals surface area contributed by atoms with Crippen molar-refractivity contribution in [1.29, 1.82) is 0 Å². The molecule has 0 bridgehead atoms. The molecule has 0 heterocycles. The molecule has 1 aliphatic carbocycles. The Kier molecular flexibility index (Phi) is 3.31. The summed E-state index contributed by atoms with van der Waals surface area (Å²) < 4.78 is 0. The molecule has 1 unspecified atom stereocenters. The zero-order chi connectivity index (χ0) is 10.0. The molecule has 0 saturated heterocycles. The molecule has 0 aromatic rings. The van der Waals surface area contributed by atoms with Crippen molar-refractivity contribution in [2.24, 2.45) is 11.7 Å². The Labute approximate surface area is 80.3 Å². The van der Waals surface area contributed by atoms with Crippen LogP contribution in [0.3, 0.4) is 0 Å². The molecule has 1 rings (SSSR count). The van der Waals surface area contributed by atoms with Gasteiger partial charge in [-0.05, 0) is 32.6 Å². The summed E-state index contributed by atoms with van der Waals surface area (Å²) in [6, 6.07) is 0.368. The molecule has 1 amide bonds. The van der Waals surface area contributed by atoms with Crippen LogP contribution in [-0.2, 0) is 4.79 Å². The van der Waals surface area contributed by atoms with Gasteiger partial charge in [0.1, 0.15) is 0 Å². The quantitative estimate of drug-likeness (QED) is 0.708. The van der Waals surface area contributed by atoms with Gasteiger partial charge >= 0.3 is 0 Å². The van der Waals surface area contributed by atoms with E-state index in [0.717, 1.165) is 0 Å². The van der Waals surface area contributed by atoms with E-state index in [-0.39, 0.29) is 18.0 Å². The Bertz CT molecular complexity index is 187. The van der Waals surface area contributed by atoms with E-state index in [1.54, 1.807) is 4.90 Å². The number of nitrogens with zero attached hydrogens (tertiary/aromatic N) is 1. The smallest absolute Gasteiger partial charge is 0.224 e. The van der Waals surface area contributed by atoms with Crippen LogP contribution < -0.4 is 5.73 Å². The van der Waals surface area contributed by atoms with Crippen molar-refractivity contribution in [3.63, 3.8) is 0 Å². The second-order valence-corrected chi connectivity index (χ2v) is 4.30. The summed E-state index contributed by atoms with van der Waals surface area (Å²) in [6.45, 7) is 4.03. The topological polar surface area (TPSA) is 46.3 Å². The summed E-state index contributed by atoms with van der Waals surface area (Å²) >= 11 is 0. The van der Waals surface area contributed by atoms with Gasteiger partial charge in [-0.3, -0.25) is 4.79 Å². The summed E-state index contributed by atoms with van der Waals surface area (Å²) in [5, 5.41) is 0. The standard InChI is InChI=1S/C10H20N2O/c1-7(2)12(3)10(13)6-9(11)8-4-5-8/h7-9H,4-6,11H2,1-3H3. The van der Waals surface area contributed by atoms with Crippen molar-refractivity contribution in [3.8, 4) is 0 Å². The van der Waals surface area contributed by atoms with E-state index in [0.29, 0.717) is 12.3 Å². The molecule has 76 valence electrons. The largest absolute Gasteiger partial charge is 0.343 e. The maximum atomic E-state index is 11.6. The van der Waals surface area contributed by atoms with Crippen LogP contribution in [0.4, 0.5) is 0 Å². The van der Waals surface area contributed by atoms with Gasteiger partial charge in [0.25, 0.3) is 0 Å². The number of carbonyl (C=O) groups is 1. The molecule has 0 spiro atoms. The first-order chi connectivity index (χ1) is 6.02. The zero-order valence-corrected chi connectivity index (χ0v) is 8.79. The van der Waals surface area contributed by atoms with Gasteiger partial charge in [-0.15, -0.1) is 0 Å². The molecular weight excluding hydrogens is 164 g/mol. The number of rotatable bonds is 4. The SMILES string of the molecule is CC(C)N(C)C(=O)CC(N)C1CC1. The first-order valence-corrected chi connectivity index (χ1v) is 5.03. The van der Waals surface area contributed by atoms with Gasteiger partial charge in [0.15, 0.2) is 0 Å². The Morgan fingerprint density at radius 1 is 1.54 bits per heavy atom. The average Bonchev–Trinajstić information content (AvgIpc) is 2.84. The fourth-order valence-electron chi connectivity index (χ4n) is 1.32. The van der Waals surface area contributed by atoms with E-state index >= 15 is 0 Å². The van der Waals surface area contributed by atoms with Crippen LogP contribution in [0.1, 0.15) is 33.1 Å². The Morgan fingerprint density at radius 2 is 2.08 bits per heavy atom. The summed E-state index contributed by atoms with van der Waals surface area (Å²) in [5.41, 5.74) is 5.87. The molecule has 0 aromatic carbocycles. The first kappa shape index (κ1) is 10.5. The second-order valence-electron chi connectivity index (χ2n) is 4.30. The molecule has 1 saturated carbocycles. The molecule has 0 aromatic heterocycles. The summed E-state index contributed by atoms with van der Waals surface area (Å²) in [7, 11) is 1.84. The third-order valence-corrected chi connectivity index (χ3v) is 2.81. The summed E-state index contributed by atoms with van der Waals surface area (Å²) in [5.74, 6) is 0.791. The Morgan fingerprint density at radius 3 is 2.46 bits per heavy atom. The van der Waals surface area contributed by atoms with E-state index < -0.39 is 0 Å². The highest BCUT2D eigenvalue weighted by Crippen LogP contribution is 2.32. The summed E-state index contributed by atoms with van der Waals surface area (Å²) in [4.78, 5) is 13.3. The van der Waals surface area contributed by atoms with Gasteiger partial charge in [-0.25, -0.2) is 0 Å². The predicted octanol–water partition coefficient (Wildman–Crippen LogP) is 0.981. The molecule has 13 heavy (non-hydrogen) atoms. The Balaban J connectivity index is 2.30. The molecule has 3 heteroatoms. The molecule has 0 aliphatic heterocycles. The van der Waals surface area contributed by atoms with Gasteiger partial charge in [0, 0.05) is 25.6 Å². The fourth-order valence-corrected chi connectivity index (χ4v) is 1.32. The highest BCUT2D eigenvalue weighted by atomic mass is 16.2. The second kappa shape index (κ2) is 4.09. The van der Waals surface area contributed by atoms with E-state index in [1.807, 2.05) is 20.9 Å². The number of nitrogens with two attached hydrogens (primary N) is 1. The fraction of sp³-hybridized carbons (Fsp3) is 0.900. The van der Waals surface area contributed by atoms with Gasteiger partial charge in [0.2, 0.25) is 5.91 Å². The predicted molar refractivity (Wildman–Crippen MR) is 53.2 cm³/mol. The monoisotopic (exact) mass is 184 g/mol. The lowest BCUT2D eigenvalue weighted by Crippen LogP contribution is -2.37. The van der Waals surface area contributed by atoms with Crippen LogP contribution in [-0.4, -0.2) is 29.9 Å². The minimum atomic E-state index is 0.0914. The van der Waals surface area contributed by atoms with E-state index in [2.05, 4.69) is 0 Å². The van der Waals surface area contributed by atoms with Crippen molar-refractivity contribution in [2.45, 2.75) is 45.2 Å². The van der Waals surface area contributed by atoms with E-state index in [1.165, 1.54) is 12.8 Å². The van der Waals surface area contributed by atoms with Crippen molar-refractivity contribution in [3.05, 3.63) is 0 Å². The minimum Gasteiger partial charge on any atom is -0.343 e. The third-order valence-electron chi connectivity index (χ3n) is 2.81.